The number of methoxy groups -OCH3 is 1. The molecule has 0 fully saturated rings. The average molecular weight is 200 g/mol. The molecule has 1 aromatic rings. The standard InChI is InChI=1S/C9H10ClNO2/c1-6-8(13-2)4-3-7(10)9(6)11-5-12/h3-5H,1-2H3,(H,11,12). The van der Waals surface area contributed by atoms with E-state index >= 15 is 0 Å². The van der Waals surface area contributed by atoms with Crippen LogP contribution >= 0.6 is 11.6 Å². The van der Waals surface area contributed by atoms with Gasteiger partial charge in [0.15, 0.2) is 0 Å². The number of hydrogen-bond donors (Lipinski definition) is 1. The fourth-order valence-corrected chi connectivity index (χ4v) is 1.38. The summed E-state index contributed by atoms with van der Waals surface area (Å²) in [6.45, 7) is 1.83. The van der Waals surface area contributed by atoms with Gasteiger partial charge in [-0.15, -0.1) is 0 Å². The van der Waals surface area contributed by atoms with E-state index in [-0.39, 0.29) is 0 Å². The zero-order valence-electron chi connectivity index (χ0n) is 7.43. The van der Waals surface area contributed by atoms with Crippen molar-refractivity contribution in [2.75, 3.05) is 12.4 Å². The normalized spacial score (nSPS) is 9.46. The van der Waals surface area contributed by atoms with Crippen molar-refractivity contribution in [3.63, 3.8) is 0 Å². The van der Waals surface area contributed by atoms with Crippen molar-refractivity contribution in [1.29, 1.82) is 0 Å². The van der Waals surface area contributed by atoms with Gasteiger partial charge < -0.3 is 10.1 Å². The lowest BCUT2D eigenvalue weighted by Crippen LogP contribution is -1.99. The fourth-order valence-electron chi connectivity index (χ4n) is 1.12. The molecule has 70 valence electrons. The molecule has 1 N–H and O–H groups in total. The number of rotatable bonds is 3. The number of hydrogen-bond acceptors (Lipinski definition) is 2. The number of amides is 1. The summed E-state index contributed by atoms with van der Waals surface area (Å²) < 4.78 is 5.07. The maximum atomic E-state index is 10.3. The molecule has 0 aromatic heterocycles. The molecule has 4 heteroatoms. The summed E-state index contributed by atoms with van der Waals surface area (Å²) in [5, 5.41) is 3.03. The maximum Gasteiger partial charge on any atom is 0.211 e. The highest BCUT2D eigenvalue weighted by atomic mass is 35.5. The summed E-state index contributed by atoms with van der Waals surface area (Å²) in [6, 6.07) is 3.44. The SMILES string of the molecule is COc1ccc(Cl)c(NC=O)c1C. The lowest BCUT2D eigenvalue weighted by atomic mass is 10.2. The van der Waals surface area contributed by atoms with Gasteiger partial charge in [0, 0.05) is 5.56 Å². The van der Waals surface area contributed by atoms with Crippen LogP contribution in [0.3, 0.4) is 0 Å². The molecule has 0 spiro atoms. The van der Waals surface area contributed by atoms with Gasteiger partial charge in [-0.25, -0.2) is 0 Å². The number of carbonyl (C=O) groups excluding carboxylic acids is 1. The summed E-state index contributed by atoms with van der Waals surface area (Å²) in [7, 11) is 1.57. The minimum Gasteiger partial charge on any atom is -0.496 e. The van der Waals surface area contributed by atoms with Crippen LogP contribution in [0.25, 0.3) is 0 Å². The van der Waals surface area contributed by atoms with Crippen molar-refractivity contribution in [3.8, 4) is 5.75 Å². The quantitative estimate of drug-likeness (QED) is 0.759. The van der Waals surface area contributed by atoms with E-state index < -0.39 is 0 Å². The van der Waals surface area contributed by atoms with Crippen LogP contribution in [0.15, 0.2) is 12.1 Å². The molecule has 0 atom stereocenters. The van der Waals surface area contributed by atoms with Crippen LogP contribution in [0.1, 0.15) is 5.56 Å². The summed E-state index contributed by atoms with van der Waals surface area (Å²) >= 11 is 5.86. The van der Waals surface area contributed by atoms with Gasteiger partial charge in [-0.2, -0.15) is 0 Å². The molecule has 0 radical (unpaired) electrons. The third-order valence-corrected chi connectivity index (χ3v) is 2.10. The summed E-state index contributed by atoms with van der Waals surface area (Å²) in [5.41, 5.74) is 1.41. The number of ether oxygens (including phenoxy) is 1. The Morgan fingerprint density at radius 1 is 1.54 bits per heavy atom. The zero-order chi connectivity index (χ0) is 9.84. The molecular weight excluding hydrogens is 190 g/mol. The Kier molecular flexibility index (Phi) is 3.14. The highest BCUT2D eigenvalue weighted by Crippen LogP contribution is 2.31. The van der Waals surface area contributed by atoms with E-state index in [4.69, 9.17) is 16.3 Å². The second-order valence-electron chi connectivity index (χ2n) is 2.51. The van der Waals surface area contributed by atoms with Crippen molar-refractivity contribution < 1.29 is 9.53 Å². The van der Waals surface area contributed by atoms with Crippen molar-refractivity contribution in [2.24, 2.45) is 0 Å². The van der Waals surface area contributed by atoms with E-state index in [1.165, 1.54) is 0 Å². The third kappa shape index (κ3) is 1.92. The predicted molar refractivity (Wildman–Crippen MR) is 52.4 cm³/mol. The Morgan fingerprint density at radius 2 is 2.23 bits per heavy atom. The van der Waals surface area contributed by atoms with Gasteiger partial charge in [0.05, 0.1) is 17.8 Å². The van der Waals surface area contributed by atoms with E-state index in [2.05, 4.69) is 5.32 Å². The Bertz CT molecular complexity index is 326. The minimum atomic E-state index is 0.505. The molecule has 0 aliphatic heterocycles. The van der Waals surface area contributed by atoms with Crippen molar-refractivity contribution in [3.05, 3.63) is 22.7 Å². The van der Waals surface area contributed by atoms with Gasteiger partial charge in [0.25, 0.3) is 0 Å². The first-order chi connectivity index (χ1) is 6.20. The molecule has 0 saturated carbocycles. The Morgan fingerprint density at radius 3 is 2.77 bits per heavy atom. The third-order valence-electron chi connectivity index (χ3n) is 1.79. The van der Waals surface area contributed by atoms with E-state index in [0.717, 1.165) is 5.56 Å². The van der Waals surface area contributed by atoms with Crippen LogP contribution in [-0.4, -0.2) is 13.5 Å². The molecule has 0 aliphatic carbocycles. The topological polar surface area (TPSA) is 38.3 Å². The molecule has 0 heterocycles. The van der Waals surface area contributed by atoms with Crippen LogP contribution in [-0.2, 0) is 4.79 Å². The van der Waals surface area contributed by atoms with E-state index in [0.29, 0.717) is 22.9 Å². The number of nitrogens with one attached hydrogen (secondary N) is 1. The molecule has 0 bridgehead atoms. The van der Waals surface area contributed by atoms with Crippen molar-refractivity contribution in [1.82, 2.24) is 0 Å². The molecule has 1 rings (SSSR count). The van der Waals surface area contributed by atoms with Crippen LogP contribution in [0.4, 0.5) is 5.69 Å². The van der Waals surface area contributed by atoms with Gasteiger partial charge in [-0.05, 0) is 19.1 Å². The largest absolute Gasteiger partial charge is 0.496 e. The number of benzene rings is 1. The van der Waals surface area contributed by atoms with Gasteiger partial charge in [0.2, 0.25) is 6.41 Å². The summed E-state index contributed by atoms with van der Waals surface area (Å²) in [6.07, 6.45) is 0.591. The molecule has 13 heavy (non-hydrogen) atoms. The smallest absolute Gasteiger partial charge is 0.211 e. The summed E-state index contributed by atoms with van der Waals surface area (Å²) in [4.78, 5) is 10.3. The first kappa shape index (κ1) is 9.86. The number of anilines is 1. The van der Waals surface area contributed by atoms with E-state index in [1.807, 2.05) is 6.92 Å². The van der Waals surface area contributed by atoms with Crippen molar-refractivity contribution in [2.45, 2.75) is 6.92 Å². The van der Waals surface area contributed by atoms with Gasteiger partial charge in [0.1, 0.15) is 5.75 Å². The monoisotopic (exact) mass is 199 g/mol. The summed E-state index contributed by atoms with van der Waals surface area (Å²) in [5.74, 6) is 0.703. The van der Waals surface area contributed by atoms with E-state index in [9.17, 15) is 4.79 Å². The molecule has 0 aliphatic rings. The second-order valence-corrected chi connectivity index (χ2v) is 2.92. The highest BCUT2D eigenvalue weighted by molar-refractivity contribution is 6.33. The molecule has 3 nitrogen and oxygen atoms in total. The highest BCUT2D eigenvalue weighted by Gasteiger charge is 2.07. The first-order valence-corrected chi connectivity index (χ1v) is 4.11. The van der Waals surface area contributed by atoms with Crippen LogP contribution < -0.4 is 10.1 Å². The second kappa shape index (κ2) is 4.14. The molecular formula is C9H10ClNO2. The maximum absolute atomic E-state index is 10.3. The van der Waals surface area contributed by atoms with Gasteiger partial charge in [-0.3, -0.25) is 4.79 Å². The van der Waals surface area contributed by atoms with E-state index in [1.54, 1.807) is 19.2 Å². The minimum absolute atomic E-state index is 0.505. The average Bonchev–Trinajstić information content (AvgIpc) is 2.12. The van der Waals surface area contributed by atoms with Crippen LogP contribution in [0.5, 0.6) is 5.75 Å². The first-order valence-electron chi connectivity index (χ1n) is 3.74. The number of halogens is 1. The fraction of sp³-hybridized carbons (Fsp3) is 0.222. The molecule has 1 aromatic carbocycles. The Hall–Kier alpha value is -1.22. The van der Waals surface area contributed by atoms with Crippen LogP contribution in [0, 0.1) is 6.92 Å². The van der Waals surface area contributed by atoms with Crippen molar-refractivity contribution >= 4 is 23.7 Å². The molecule has 1 amide bonds. The number of carbonyl (C=O) groups is 1. The lowest BCUT2D eigenvalue weighted by molar-refractivity contribution is -0.105. The zero-order valence-corrected chi connectivity index (χ0v) is 8.18. The van der Waals surface area contributed by atoms with Crippen LogP contribution in [0.2, 0.25) is 5.02 Å². The molecule has 0 unspecified atom stereocenters. The Balaban J connectivity index is 3.20. The Labute approximate surface area is 81.7 Å². The lowest BCUT2D eigenvalue weighted by Gasteiger charge is -2.10. The van der Waals surface area contributed by atoms with Gasteiger partial charge in [-0.1, -0.05) is 11.6 Å². The van der Waals surface area contributed by atoms with Gasteiger partial charge >= 0.3 is 0 Å². The predicted octanol–water partition coefficient (Wildman–Crippen LogP) is 2.23. The molecule has 0 saturated heterocycles.